The van der Waals surface area contributed by atoms with Crippen molar-refractivity contribution >= 4 is 18.6 Å². The molecule has 1 atom stereocenters. The van der Waals surface area contributed by atoms with Gasteiger partial charge in [-0.15, -0.1) is 0 Å². The van der Waals surface area contributed by atoms with Gasteiger partial charge in [-0.05, 0) is 57.8 Å². The summed E-state index contributed by atoms with van der Waals surface area (Å²) in [5, 5.41) is 0. The van der Waals surface area contributed by atoms with Gasteiger partial charge in [-0.1, -0.05) is 0 Å². The maximum Gasteiger partial charge on any atom is 0.495 e. The van der Waals surface area contributed by atoms with E-state index in [-0.39, 0.29) is 12.1 Å². The van der Waals surface area contributed by atoms with Gasteiger partial charge in [-0.2, -0.15) is 0 Å². The van der Waals surface area contributed by atoms with Gasteiger partial charge in [0.2, 0.25) is 0 Å². The number of hydrogen-bond acceptors (Lipinski definition) is 6. The monoisotopic (exact) mass is 364 g/mol. The zero-order chi connectivity index (χ0) is 19.7. The first-order valence-electron chi connectivity index (χ1n) is 8.78. The molecule has 7 heteroatoms. The summed E-state index contributed by atoms with van der Waals surface area (Å²) >= 11 is 0. The number of esters is 1. The molecule has 0 radical (unpaired) electrons. The average Bonchev–Trinajstić information content (AvgIpc) is 2.73. The zero-order valence-electron chi connectivity index (χ0n) is 17.0. The number of carbonyl (C=O) groups is 1. The number of hydrogen-bond donors (Lipinski definition) is 0. The first-order chi connectivity index (χ1) is 12.0. The van der Waals surface area contributed by atoms with Crippen LogP contribution in [0.3, 0.4) is 0 Å². The predicted octanol–water partition coefficient (Wildman–Crippen LogP) is 2.50. The van der Waals surface area contributed by atoms with Crippen LogP contribution in [0.1, 0.15) is 47.1 Å². The lowest BCUT2D eigenvalue weighted by atomic mass is 9.74. The summed E-state index contributed by atoms with van der Waals surface area (Å²) in [5.41, 5.74) is 0.864. The SMILES string of the molecule is COc1cc(C[C@H](C)OC(C)=O)c(B2OC(C)(C)C(C)(C)O2)cc1OC. The molecule has 0 unspecified atom stereocenters. The summed E-state index contributed by atoms with van der Waals surface area (Å²) in [4.78, 5) is 11.3. The van der Waals surface area contributed by atoms with Crippen molar-refractivity contribution < 1.29 is 28.3 Å². The number of ether oxygens (including phenoxy) is 3. The topological polar surface area (TPSA) is 63.2 Å². The van der Waals surface area contributed by atoms with Gasteiger partial charge in [0, 0.05) is 13.3 Å². The lowest BCUT2D eigenvalue weighted by molar-refractivity contribution is -0.145. The first-order valence-corrected chi connectivity index (χ1v) is 8.78. The van der Waals surface area contributed by atoms with Crippen molar-refractivity contribution in [2.75, 3.05) is 14.2 Å². The largest absolute Gasteiger partial charge is 0.495 e. The molecule has 0 aliphatic carbocycles. The van der Waals surface area contributed by atoms with Gasteiger partial charge in [0.1, 0.15) is 6.10 Å². The van der Waals surface area contributed by atoms with Crippen LogP contribution in [0.25, 0.3) is 0 Å². The van der Waals surface area contributed by atoms with Gasteiger partial charge in [-0.25, -0.2) is 0 Å². The standard InChI is InChI=1S/C19H29BO6/c1-12(24-13(2)21)9-14-10-16(22-7)17(23-8)11-15(14)20-25-18(3,4)19(5,6)26-20/h10-12H,9H2,1-8H3/t12-/m0/s1. The molecule has 1 saturated heterocycles. The molecule has 144 valence electrons. The predicted molar refractivity (Wildman–Crippen MR) is 100 cm³/mol. The molecule has 6 nitrogen and oxygen atoms in total. The van der Waals surface area contributed by atoms with Crippen LogP contribution in [-0.2, 0) is 25.3 Å². The fraction of sp³-hybridized carbons (Fsp3) is 0.632. The van der Waals surface area contributed by atoms with Crippen molar-refractivity contribution in [2.45, 2.75) is 65.3 Å². The molecule has 1 aliphatic heterocycles. The molecule has 0 aromatic heterocycles. The number of carbonyl (C=O) groups excluding carboxylic acids is 1. The molecule has 1 aliphatic rings. The molecule has 26 heavy (non-hydrogen) atoms. The fourth-order valence-electron chi connectivity index (χ4n) is 2.94. The zero-order valence-corrected chi connectivity index (χ0v) is 17.0. The van der Waals surface area contributed by atoms with E-state index in [0.717, 1.165) is 11.0 Å². The third-order valence-corrected chi connectivity index (χ3v) is 5.03. The normalized spacial score (nSPS) is 19.2. The molecule has 0 bridgehead atoms. The van der Waals surface area contributed by atoms with Crippen LogP contribution in [-0.4, -0.2) is 44.6 Å². The van der Waals surface area contributed by atoms with Crippen molar-refractivity contribution in [3.8, 4) is 11.5 Å². The quantitative estimate of drug-likeness (QED) is 0.571. The highest BCUT2D eigenvalue weighted by Gasteiger charge is 2.52. The van der Waals surface area contributed by atoms with Crippen LogP contribution >= 0.6 is 0 Å². The van der Waals surface area contributed by atoms with Crippen molar-refractivity contribution in [3.63, 3.8) is 0 Å². The van der Waals surface area contributed by atoms with Crippen LogP contribution < -0.4 is 14.9 Å². The van der Waals surface area contributed by atoms with Crippen LogP contribution in [0.5, 0.6) is 11.5 Å². The minimum atomic E-state index is -0.542. The Labute approximate surface area is 156 Å². The molecule has 0 amide bonds. The van der Waals surface area contributed by atoms with Crippen LogP contribution in [0.15, 0.2) is 12.1 Å². The summed E-state index contributed by atoms with van der Waals surface area (Å²) in [6, 6.07) is 3.76. The molecular weight excluding hydrogens is 335 g/mol. The minimum Gasteiger partial charge on any atom is -0.493 e. The Morgan fingerprint density at radius 1 is 1.08 bits per heavy atom. The van der Waals surface area contributed by atoms with Gasteiger partial charge in [-0.3, -0.25) is 4.79 Å². The summed E-state index contributed by atoms with van der Waals surface area (Å²) < 4.78 is 28.6. The maximum absolute atomic E-state index is 11.3. The van der Waals surface area contributed by atoms with Crippen molar-refractivity contribution in [1.82, 2.24) is 0 Å². The Hall–Kier alpha value is -1.73. The third-order valence-electron chi connectivity index (χ3n) is 5.03. The van der Waals surface area contributed by atoms with E-state index in [4.69, 9.17) is 23.5 Å². The van der Waals surface area contributed by atoms with Gasteiger partial charge in [0.25, 0.3) is 0 Å². The second-order valence-electron chi connectivity index (χ2n) is 7.62. The summed E-state index contributed by atoms with van der Waals surface area (Å²) in [5.74, 6) is 0.897. The van der Waals surface area contributed by atoms with Crippen molar-refractivity contribution in [2.24, 2.45) is 0 Å². The Kier molecular flexibility index (Phi) is 5.93. The third kappa shape index (κ3) is 4.15. The van der Waals surface area contributed by atoms with Crippen LogP contribution in [0, 0.1) is 0 Å². The first kappa shape index (κ1) is 20.6. The lowest BCUT2D eigenvalue weighted by Gasteiger charge is -2.32. The van der Waals surface area contributed by atoms with Gasteiger partial charge in [0.05, 0.1) is 25.4 Å². The van der Waals surface area contributed by atoms with Gasteiger partial charge < -0.3 is 23.5 Å². The average molecular weight is 364 g/mol. The van der Waals surface area contributed by atoms with E-state index in [1.807, 2.05) is 46.8 Å². The van der Waals surface area contributed by atoms with Gasteiger partial charge >= 0.3 is 13.1 Å². The Morgan fingerprint density at radius 2 is 1.58 bits per heavy atom. The number of methoxy groups -OCH3 is 2. The molecule has 0 spiro atoms. The fourth-order valence-corrected chi connectivity index (χ4v) is 2.94. The van der Waals surface area contributed by atoms with E-state index >= 15 is 0 Å². The van der Waals surface area contributed by atoms with E-state index in [0.29, 0.717) is 17.9 Å². The van der Waals surface area contributed by atoms with Crippen LogP contribution in [0.2, 0.25) is 0 Å². The highest BCUT2D eigenvalue weighted by molar-refractivity contribution is 6.62. The molecule has 1 heterocycles. The highest BCUT2D eigenvalue weighted by atomic mass is 16.7. The summed E-state index contributed by atoms with van der Waals surface area (Å²) in [6.45, 7) is 11.3. The van der Waals surface area contributed by atoms with E-state index in [1.165, 1.54) is 6.92 Å². The van der Waals surface area contributed by atoms with Gasteiger partial charge in [0.15, 0.2) is 11.5 Å². The molecular formula is C19H29BO6. The molecule has 0 saturated carbocycles. The van der Waals surface area contributed by atoms with Crippen LogP contribution in [0.4, 0.5) is 0 Å². The number of benzene rings is 1. The Bertz CT molecular complexity index is 654. The second kappa shape index (κ2) is 7.49. The van der Waals surface area contributed by atoms with Crippen molar-refractivity contribution in [3.05, 3.63) is 17.7 Å². The second-order valence-corrected chi connectivity index (χ2v) is 7.62. The van der Waals surface area contributed by atoms with E-state index < -0.39 is 18.3 Å². The lowest BCUT2D eigenvalue weighted by Crippen LogP contribution is -2.41. The highest BCUT2D eigenvalue weighted by Crippen LogP contribution is 2.38. The molecule has 2 rings (SSSR count). The minimum absolute atomic E-state index is 0.285. The Balaban J connectivity index is 2.44. The summed E-state index contributed by atoms with van der Waals surface area (Å²) in [7, 11) is 2.64. The molecule has 1 fully saturated rings. The van der Waals surface area contributed by atoms with E-state index in [9.17, 15) is 4.79 Å². The smallest absolute Gasteiger partial charge is 0.493 e. The summed E-state index contributed by atoms with van der Waals surface area (Å²) in [6.07, 6.45) is 0.228. The molecule has 1 aromatic rings. The maximum atomic E-state index is 11.3. The van der Waals surface area contributed by atoms with Crippen molar-refractivity contribution in [1.29, 1.82) is 0 Å². The van der Waals surface area contributed by atoms with E-state index in [2.05, 4.69) is 0 Å². The Morgan fingerprint density at radius 3 is 2.04 bits per heavy atom. The number of rotatable bonds is 6. The molecule has 0 N–H and O–H groups in total. The van der Waals surface area contributed by atoms with E-state index in [1.54, 1.807) is 14.2 Å². The molecule has 1 aromatic carbocycles.